The topological polar surface area (TPSA) is 81.5 Å². The van der Waals surface area contributed by atoms with E-state index in [0.29, 0.717) is 31.8 Å². The average Bonchev–Trinajstić information content (AvgIpc) is 2.38. The number of rotatable bonds is 7. The second-order valence-corrected chi connectivity index (χ2v) is 3.82. The lowest BCUT2D eigenvalue weighted by atomic mass is 10.1. The van der Waals surface area contributed by atoms with Gasteiger partial charge >= 0.3 is 5.69 Å². The zero-order valence-corrected chi connectivity index (χ0v) is 10.8. The fraction of sp³-hybridized carbons (Fsp3) is 0.417. The number of ether oxygens (including phenoxy) is 1. The van der Waals surface area contributed by atoms with Crippen molar-refractivity contribution < 1.29 is 23.2 Å². The summed E-state index contributed by atoms with van der Waals surface area (Å²) in [6.45, 7) is 2.89. The van der Waals surface area contributed by atoms with Crippen LogP contribution in [0.5, 0.6) is 0 Å². The lowest BCUT2D eigenvalue weighted by molar-refractivity contribution is -0.387. The number of nitrogens with one attached hydrogen (secondary N) is 1. The summed E-state index contributed by atoms with van der Waals surface area (Å²) < 4.78 is 32.2. The minimum absolute atomic E-state index is 0.153. The van der Waals surface area contributed by atoms with E-state index < -0.39 is 33.7 Å². The molecule has 8 heteroatoms. The molecule has 6 nitrogen and oxygen atoms in total. The Morgan fingerprint density at radius 2 is 2.15 bits per heavy atom. The van der Waals surface area contributed by atoms with Crippen LogP contribution >= 0.6 is 0 Å². The van der Waals surface area contributed by atoms with Gasteiger partial charge in [-0.3, -0.25) is 14.9 Å². The number of hydrogen-bond donors (Lipinski definition) is 1. The third-order valence-corrected chi connectivity index (χ3v) is 2.45. The number of nitro benzene ring substituents is 1. The molecule has 0 spiro atoms. The highest BCUT2D eigenvalue weighted by Gasteiger charge is 2.25. The second kappa shape index (κ2) is 7.49. The SMILES string of the molecule is CCOCCCNC(=O)c1c(F)ccc([N+](=O)[O-])c1F. The van der Waals surface area contributed by atoms with E-state index in [1.54, 1.807) is 0 Å². The molecule has 0 aliphatic rings. The van der Waals surface area contributed by atoms with Crippen molar-refractivity contribution in [3.8, 4) is 0 Å². The zero-order chi connectivity index (χ0) is 15.1. The standard InChI is InChI=1S/C12H14F2N2O4/c1-2-20-7-3-6-15-12(17)10-8(13)4-5-9(11(10)14)16(18)19/h4-5H,2-3,6-7H2,1H3,(H,15,17). The van der Waals surface area contributed by atoms with Gasteiger partial charge < -0.3 is 10.1 Å². The van der Waals surface area contributed by atoms with Crippen molar-refractivity contribution in [3.05, 3.63) is 39.4 Å². The summed E-state index contributed by atoms with van der Waals surface area (Å²) in [7, 11) is 0. The van der Waals surface area contributed by atoms with Gasteiger partial charge in [0.1, 0.15) is 11.4 Å². The van der Waals surface area contributed by atoms with E-state index in [4.69, 9.17) is 4.74 Å². The molecule has 1 aromatic rings. The maximum absolute atomic E-state index is 13.7. The van der Waals surface area contributed by atoms with Crippen molar-refractivity contribution in [1.82, 2.24) is 5.32 Å². The Morgan fingerprint density at radius 1 is 1.45 bits per heavy atom. The Morgan fingerprint density at radius 3 is 2.75 bits per heavy atom. The third-order valence-electron chi connectivity index (χ3n) is 2.45. The highest BCUT2D eigenvalue weighted by molar-refractivity contribution is 5.95. The quantitative estimate of drug-likeness (QED) is 0.473. The molecule has 1 aromatic carbocycles. The van der Waals surface area contributed by atoms with Gasteiger partial charge in [-0.1, -0.05) is 0 Å². The predicted octanol–water partition coefficient (Wildman–Crippen LogP) is 2.03. The van der Waals surface area contributed by atoms with Crippen molar-refractivity contribution in [2.75, 3.05) is 19.8 Å². The Balaban J connectivity index is 2.77. The van der Waals surface area contributed by atoms with E-state index in [9.17, 15) is 23.7 Å². The van der Waals surface area contributed by atoms with Crippen molar-refractivity contribution >= 4 is 11.6 Å². The van der Waals surface area contributed by atoms with E-state index in [2.05, 4.69) is 5.32 Å². The summed E-state index contributed by atoms with van der Waals surface area (Å²) in [5.74, 6) is -3.65. The molecule has 1 rings (SSSR count). The Labute approximate surface area is 113 Å². The summed E-state index contributed by atoms with van der Waals surface area (Å²) in [6, 6.07) is 1.37. The molecule has 0 bridgehead atoms. The number of carbonyl (C=O) groups excluding carboxylic acids is 1. The van der Waals surface area contributed by atoms with Gasteiger partial charge in [0, 0.05) is 25.8 Å². The van der Waals surface area contributed by atoms with Gasteiger partial charge in [0.05, 0.1) is 4.92 Å². The fourth-order valence-electron chi connectivity index (χ4n) is 1.50. The number of benzene rings is 1. The molecule has 20 heavy (non-hydrogen) atoms. The molecule has 1 amide bonds. The van der Waals surface area contributed by atoms with Gasteiger partial charge in [-0.15, -0.1) is 0 Å². The number of amides is 1. The van der Waals surface area contributed by atoms with Crippen LogP contribution in [0.2, 0.25) is 0 Å². The van der Waals surface area contributed by atoms with Gasteiger partial charge in [0.15, 0.2) is 0 Å². The van der Waals surface area contributed by atoms with Crippen LogP contribution in [0.15, 0.2) is 12.1 Å². The smallest absolute Gasteiger partial charge is 0.305 e. The maximum atomic E-state index is 13.7. The number of halogens is 2. The van der Waals surface area contributed by atoms with Crippen LogP contribution in [0.25, 0.3) is 0 Å². The second-order valence-electron chi connectivity index (χ2n) is 3.82. The third kappa shape index (κ3) is 3.95. The predicted molar refractivity (Wildman–Crippen MR) is 66.5 cm³/mol. The molecule has 0 saturated heterocycles. The molecule has 1 N–H and O–H groups in total. The van der Waals surface area contributed by atoms with Crippen molar-refractivity contribution in [2.24, 2.45) is 0 Å². The van der Waals surface area contributed by atoms with Crippen molar-refractivity contribution in [2.45, 2.75) is 13.3 Å². The molecule has 0 aliphatic heterocycles. The van der Waals surface area contributed by atoms with Crippen molar-refractivity contribution in [3.63, 3.8) is 0 Å². The number of hydrogen-bond acceptors (Lipinski definition) is 4. The van der Waals surface area contributed by atoms with Gasteiger partial charge in [0.25, 0.3) is 5.91 Å². The number of nitrogens with zero attached hydrogens (tertiary/aromatic N) is 1. The summed E-state index contributed by atoms with van der Waals surface area (Å²) >= 11 is 0. The average molecular weight is 288 g/mol. The van der Waals surface area contributed by atoms with E-state index in [1.807, 2.05) is 6.92 Å². The summed E-state index contributed by atoms with van der Waals surface area (Å²) in [6.07, 6.45) is 0.470. The molecule has 0 aromatic heterocycles. The molecule has 0 radical (unpaired) electrons. The van der Waals surface area contributed by atoms with Gasteiger partial charge in [0.2, 0.25) is 5.82 Å². The van der Waals surface area contributed by atoms with Crippen LogP contribution in [0.4, 0.5) is 14.5 Å². The first-order valence-corrected chi connectivity index (χ1v) is 5.97. The highest BCUT2D eigenvalue weighted by atomic mass is 19.1. The molecule has 0 atom stereocenters. The van der Waals surface area contributed by atoms with E-state index in [1.165, 1.54) is 0 Å². The van der Waals surface area contributed by atoms with Crippen LogP contribution in [0, 0.1) is 21.7 Å². The van der Waals surface area contributed by atoms with Crippen molar-refractivity contribution in [1.29, 1.82) is 0 Å². The van der Waals surface area contributed by atoms with Gasteiger partial charge in [-0.2, -0.15) is 4.39 Å². The Hall–Kier alpha value is -2.09. The first-order chi connectivity index (χ1) is 9.49. The zero-order valence-electron chi connectivity index (χ0n) is 10.8. The number of nitro groups is 1. The summed E-state index contributed by atoms with van der Waals surface area (Å²) in [4.78, 5) is 21.2. The fourth-order valence-corrected chi connectivity index (χ4v) is 1.50. The lowest BCUT2D eigenvalue weighted by Gasteiger charge is -2.07. The summed E-state index contributed by atoms with van der Waals surface area (Å²) in [5.41, 5.74) is -1.89. The minimum Gasteiger partial charge on any atom is -0.382 e. The summed E-state index contributed by atoms with van der Waals surface area (Å²) in [5, 5.41) is 12.8. The molecular formula is C12H14F2N2O4. The van der Waals surface area contributed by atoms with E-state index in [-0.39, 0.29) is 6.54 Å². The molecule has 0 heterocycles. The van der Waals surface area contributed by atoms with Gasteiger partial charge in [-0.05, 0) is 19.4 Å². The van der Waals surface area contributed by atoms with E-state index >= 15 is 0 Å². The lowest BCUT2D eigenvalue weighted by Crippen LogP contribution is -2.27. The molecule has 0 unspecified atom stereocenters. The minimum atomic E-state index is -1.47. The molecule has 110 valence electrons. The molecule has 0 saturated carbocycles. The normalized spacial score (nSPS) is 10.3. The molecule has 0 fully saturated rings. The molecular weight excluding hydrogens is 274 g/mol. The maximum Gasteiger partial charge on any atom is 0.305 e. The number of carbonyl (C=O) groups is 1. The molecule has 0 aliphatic carbocycles. The van der Waals surface area contributed by atoms with Gasteiger partial charge in [-0.25, -0.2) is 4.39 Å². The Bertz CT molecular complexity index is 508. The largest absolute Gasteiger partial charge is 0.382 e. The highest BCUT2D eigenvalue weighted by Crippen LogP contribution is 2.22. The first-order valence-electron chi connectivity index (χ1n) is 5.97. The monoisotopic (exact) mass is 288 g/mol. The van der Waals surface area contributed by atoms with Crippen LogP contribution in [-0.4, -0.2) is 30.6 Å². The van der Waals surface area contributed by atoms with E-state index in [0.717, 1.165) is 0 Å². The van der Waals surface area contributed by atoms with Crippen LogP contribution in [-0.2, 0) is 4.74 Å². The van der Waals surface area contributed by atoms with Crippen LogP contribution in [0.1, 0.15) is 23.7 Å². The van der Waals surface area contributed by atoms with Crippen LogP contribution in [0.3, 0.4) is 0 Å². The first kappa shape index (κ1) is 16.0. The Kier molecular flexibility index (Phi) is 5.98. The van der Waals surface area contributed by atoms with Crippen LogP contribution < -0.4 is 5.32 Å².